The Hall–Kier alpha value is -4.34. The van der Waals surface area contributed by atoms with Crippen LogP contribution in [0.15, 0.2) is 65.0 Å². The average Bonchev–Trinajstić information content (AvgIpc) is 2.88. The Bertz CT molecular complexity index is 1530. The summed E-state index contributed by atoms with van der Waals surface area (Å²) < 4.78 is 6.13. The molecule has 10 heteroatoms. The third-order valence-electron chi connectivity index (χ3n) is 8.27. The Morgan fingerprint density at radius 3 is 1.93 bits per heavy atom. The minimum Gasteiger partial charge on any atom is -0.450 e. The quantitative estimate of drug-likeness (QED) is 0.247. The first-order valence-electron chi connectivity index (χ1n) is 14.2. The third-order valence-corrected chi connectivity index (χ3v) is 8.27. The Morgan fingerprint density at radius 1 is 0.833 bits per heavy atom. The van der Waals surface area contributed by atoms with E-state index >= 15 is 0 Å². The number of allylic oxidation sites excluding steroid dienone is 4. The van der Waals surface area contributed by atoms with Gasteiger partial charge in [-0.2, -0.15) is 0 Å². The van der Waals surface area contributed by atoms with Gasteiger partial charge in [0.1, 0.15) is 5.75 Å². The van der Waals surface area contributed by atoms with Crippen LogP contribution < -0.4 is 4.74 Å². The summed E-state index contributed by atoms with van der Waals surface area (Å²) in [5.41, 5.74) is 2.10. The Balaban J connectivity index is 1.73. The van der Waals surface area contributed by atoms with Gasteiger partial charge in [-0.05, 0) is 42.2 Å². The van der Waals surface area contributed by atoms with Crippen LogP contribution in [0.25, 0.3) is 0 Å². The summed E-state index contributed by atoms with van der Waals surface area (Å²) in [5, 5.41) is 23.1. The highest BCUT2D eigenvalue weighted by atomic mass is 16.6. The lowest BCUT2D eigenvalue weighted by atomic mass is 9.63. The average molecular weight is 574 g/mol. The predicted octanol–water partition coefficient (Wildman–Crippen LogP) is 7.39. The second kappa shape index (κ2) is 10.5. The van der Waals surface area contributed by atoms with Crippen LogP contribution in [0.5, 0.6) is 11.5 Å². The summed E-state index contributed by atoms with van der Waals surface area (Å²) in [5.74, 6) is -0.654. The van der Waals surface area contributed by atoms with Crippen LogP contribution in [-0.2, 0) is 9.59 Å². The molecule has 2 aromatic carbocycles. The summed E-state index contributed by atoms with van der Waals surface area (Å²) in [6.07, 6.45) is 2.85. The van der Waals surface area contributed by atoms with Crippen LogP contribution in [0.1, 0.15) is 78.2 Å². The molecule has 2 aromatic rings. The van der Waals surface area contributed by atoms with Crippen molar-refractivity contribution in [2.24, 2.45) is 10.8 Å². The number of non-ortho nitro benzene ring substituents is 1. The number of nitro groups is 2. The van der Waals surface area contributed by atoms with E-state index in [-0.39, 0.29) is 33.9 Å². The molecule has 0 N–H and O–H groups in total. The lowest BCUT2D eigenvalue weighted by Crippen LogP contribution is -2.44. The number of carbonyl (C=O) groups is 2. The van der Waals surface area contributed by atoms with Crippen molar-refractivity contribution in [3.8, 4) is 11.5 Å². The number of rotatable bonds is 7. The van der Waals surface area contributed by atoms with Crippen molar-refractivity contribution in [2.75, 3.05) is 6.54 Å². The minimum absolute atomic E-state index is 0.0207. The van der Waals surface area contributed by atoms with E-state index in [0.717, 1.165) is 29.9 Å². The molecule has 1 heterocycles. The van der Waals surface area contributed by atoms with Gasteiger partial charge >= 0.3 is 5.69 Å². The summed E-state index contributed by atoms with van der Waals surface area (Å²) in [4.78, 5) is 51.9. The van der Waals surface area contributed by atoms with Gasteiger partial charge in [0, 0.05) is 59.5 Å². The predicted molar refractivity (Wildman–Crippen MR) is 156 cm³/mol. The Kier molecular flexibility index (Phi) is 7.28. The third kappa shape index (κ3) is 5.21. The van der Waals surface area contributed by atoms with E-state index in [1.165, 1.54) is 6.07 Å². The maximum absolute atomic E-state index is 14.0. The molecule has 1 aliphatic heterocycles. The highest BCUT2D eigenvalue weighted by molar-refractivity contribution is 6.07. The number of hydrogen-bond acceptors (Lipinski definition) is 8. The van der Waals surface area contributed by atoms with Crippen LogP contribution in [0.2, 0.25) is 0 Å². The van der Waals surface area contributed by atoms with Gasteiger partial charge in [0.05, 0.1) is 15.9 Å². The zero-order valence-electron chi connectivity index (χ0n) is 24.6. The number of ether oxygens (including phenoxy) is 1. The molecule has 2 aliphatic carbocycles. The normalized spacial score (nSPS) is 19.9. The number of para-hydroxylation sites is 1. The van der Waals surface area contributed by atoms with Gasteiger partial charge in [0.15, 0.2) is 11.6 Å². The molecule has 5 rings (SSSR count). The molecular formula is C32H35N3O7. The van der Waals surface area contributed by atoms with Gasteiger partial charge in [-0.25, -0.2) is 0 Å². The van der Waals surface area contributed by atoms with Crippen molar-refractivity contribution in [3.05, 3.63) is 90.8 Å². The topological polar surface area (TPSA) is 133 Å². The first-order valence-corrected chi connectivity index (χ1v) is 14.2. The largest absolute Gasteiger partial charge is 0.450 e. The first kappa shape index (κ1) is 29.2. The second-order valence-corrected chi connectivity index (χ2v) is 13.0. The summed E-state index contributed by atoms with van der Waals surface area (Å²) in [6.45, 7) is 11.1. The van der Waals surface area contributed by atoms with Crippen molar-refractivity contribution >= 4 is 22.9 Å². The minimum atomic E-state index is -0.727. The van der Waals surface area contributed by atoms with Crippen LogP contribution >= 0.6 is 0 Å². The SMILES string of the molecule is CCCN1C2=C(C(=O)CC(C)(C)C2)C(c2ccccc2Oc2ccc([N+](=O)[O-])cc2[N+](=O)[O-])C2=C1CC(C)(C)CC2=O. The summed E-state index contributed by atoms with van der Waals surface area (Å²) >= 11 is 0. The van der Waals surface area contributed by atoms with Gasteiger partial charge in [0.25, 0.3) is 5.69 Å². The van der Waals surface area contributed by atoms with Crippen LogP contribution in [0, 0.1) is 31.1 Å². The number of nitro benzene ring substituents is 2. The molecule has 0 aromatic heterocycles. The number of nitrogens with zero attached hydrogens (tertiary/aromatic N) is 3. The lowest BCUT2D eigenvalue weighted by molar-refractivity contribution is -0.394. The molecule has 3 aliphatic rings. The molecule has 0 atom stereocenters. The number of hydrogen-bond donors (Lipinski definition) is 0. The number of carbonyl (C=O) groups excluding carboxylic acids is 2. The highest BCUT2D eigenvalue weighted by Gasteiger charge is 2.49. The maximum Gasteiger partial charge on any atom is 0.318 e. The van der Waals surface area contributed by atoms with E-state index < -0.39 is 27.1 Å². The molecule has 0 spiro atoms. The smallest absolute Gasteiger partial charge is 0.318 e. The van der Waals surface area contributed by atoms with Crippen molar-refractivity contribution in [1.82, 2.24) is 4.90 Å². The fourth-order valence-electron chi connectivity index (χ4n) is 6.63. The Labute approximate surface area is 244 Å². The molecule has 0 fully saturated rings. The fraction of sp³-hybridized carbons (Fsp3) is 0.438. The lowest BCUT2D eigenvalue weighted by Gasteiger charge is -2.49. The van der Waals surface area contributed by atoms with Crippen molar-refractivity contribution in [2.45, 2.75) is 72.6 Å². The molecular weight excluding hydrogens is 538 g/mol. The monoisotopic (exact) mass is 573 g/mol. The van der Waals surface area contributed by atoms with E-state index in [9.17, 15) is 29.8 Å². The molecule has 0 bridgehead atoms. The maximum atomic E-state index is 14.0. The Morgan fingerprint density at radius 2 is 1.40 bits per heavy atom. The summed E-state index contributed by atoms with van der Waals surface area (Å²) in [7, 11) is 0. The molecule has 42 heavy (non-hydrogen) atoms. The van der Waals surface area contributed by atoms with Crippen molar-refractivity contribution < 1.29 is 24.2 Å². The zero-order chi connectivity index (χ0) is 30.6. The standard InChI is InChI=1S/C32H35N3O7/c1-6-13-33-22-15-31(2,3)17-24(36)29(22)28(30-23(33)16-32(4,5)18-25(30)37)20-9-7-8-10-26(20)42-27-12-11-19(34(38)39)14-21(27)35(40)41/h7-12,14,28H,6,13,15-18H2,1-5H3. The number of benzene rings is 2. The van der Waals surface area contributed by atoms with Crippen LogP contribution in [0.4, 0.5) is 11.4 Å². The number of Topliss-reactive ketones (excluding diaryl/α,β-unsaturated/α-hetero) is 2. The molecule has 0 amide bonds. The van der Waals surface area contributed by atoms with Crippen LogP contribution in [0.3, 0.4) is 0 Å². The van der Waals surface area contributed by atoms with E-state index in [2.05, 4.69) is 39.5 Å². The van der Waals surface area contributed by atoms with E-state index in [0.29, 0.717) is 48.9 Å². The van der Waals surface area contributed by atoms with Gasteiger partial charge < -0.3 is 9.64 Å². The van der Waals surface area contributed by atoms with Crippen LogP contribution in [-0.4, -0.2) is 32.9 Å². The van der Waals surface area contributed by atoms with Crippen molar-refractivity contribution in [3.63, 3.8) is 0 Å². The highest BCUT2D eigenvalue weighted by Crippen LogP contribution is 2.55. The summed E-state index contributed by atoms with van der Waals surface area (Å²) in [6, 6.07) is 10.2. The van der Waals surface area contributed by atoms with Gasteiger partial charge in [-0.15, -0.1) is 0 Å². The molecule has 0 saturated heterocycles. The molecule has 10 nitrogen and oxygen atoms in total. The van der Waals surface area contributed by atoms with E-state index in [1.54, 1.807) is 24.3 Å². The molecule has 0 unspecified atom stereocenters. The zero-order valence-corrected chi connectivity index (χ0v) is 24.6. The first-order chi connectivity index (χ1) is 19.7. The van der Waals surface area contributed by atoms with Gasteiger partial charge in [-0.3, -0.25) is 29.8 Å². The fourth-order valence-corrected chi connectivity index (χ4v) is 6.63. The van der Waals surface area contributed by atoms with Gasteiger partial charge in [0.2, 0.25) is 5.75 Å². The van der Waals surface area contributed by atoms with Gasteiger partial charge in [-0.1, -0.05) is 52.8 Å². The second-order valence-electron chi connectivity index (χ2n) is 13.0. The van der Waals surface area contributed by atoms with E-state index in [4.69, 9.17) is 4.74 Å². The molecule has 0 radical (unpaired) electrons. The molecule has 0 saturated carbocycles. The van der Waals surface area contributed by atoms with Crippen molar-refractivity contribution in [1.29, 1.82) is 0 Å². The van der Waals surface area contributed by atoms with E-state index in [1.807, 2.05) is 0 Å². The number of ketones is 2. The molecule has 220 valence electrons.